The maximum atomic E-state index is 14.0. The van der Waals surface area contributed by atoms with Crippen molar-refractivity contribution in [1.82, 2.24) is 4.98 Å². The van der Waals surface area contributed by atoms with Crippen LogP contribution in [-0.4, -0.2) is 30.5 Å². The van der Waals surface area contributed by atoms with Gasteiger partial charge >= 0.3 is 5.97 Å². The van der Waals surface area contributed by atoms with Crippen LogP contribution in [0, 0.1) is 18.6 Å². The number of methoxy groups -OCH3 is 1. The lowest BCUT2D eigenvalue weighted by Gasteiger charge is -2.24. The van der Waals surface area contributed by atoms with Gasteiger partial charge in [-0.25, -0.2) is 13.8 Å². The average molecular weight is 348 g/mol. The third kappa shape index (κ3) is 4.17. The van der Waals surface area contributed by atoms with Gasteiger partial charge in [0.25, 0.3) is 0 Å². The Morgan fingerprint density at radius 2 is 1.76 bits per heavy atom. The van der Waals surface area contributed by atoms with Crippen LogP contribution in [0.25, 0.3) is 0 Å². The predicted molar refractivity (Wildman–Crippen MR) is 88.1 cm³/mol. The summed E-state index contributed by atoms with van der Waals surface area (Å²) >= 11 is 0. The first-order chi connectivity index (χ1) is 11.8. The largest absolute Gasteiger partial charge is 0.468 e. The third-order valence-electron chi connectivity index (χ3n) is 3.73. The molecule has 0 aliphatic rings. The minimum absolute atomic E-state index is 0.207. The molecule has 0 bridgehead atoms. The molecular weight excluding hydrogens is 330 g/mol. The quantitative estimate of drug-likeness (QED) is 0.780. The lowest BCUT2D eigenvalue weighted by molar-refractivity contribution is -0.140. The number of hydrogen-bond donors (Lipinski definition) is 0. The van der Waals surface area contributed by atoms with Crippen molar-refractivity contribution in [2.24, 2.45) is 0 Å². The van der Waals surface area contributed by atoms with E-state index in [9.17, 15) is 18.4 Å². The van der Waals surface area contributed by atoms with Crippen molar-refractivity contribution in [2.75, 3.05) is 18.6 Å². The van der Waals surface area contributed by atoms with E-state index in [-0.39, 0.29) is 11.4 Å². The van der Waals surface area contributed by atoms with E-state index in [4.69, 9.17) is 0 Å². The Hall–Kier alpha value is -2.83. The number of anilines is 1. The highest BCUT2D eigenvalue weighted by Crippen LogP contribution is 2.26. The van der Waals surface area contributed by atoms with Crippen molar-refractivity contribution >= 4 is 17.7 Å². The first-order valence-electron chi connectivity index (χ1n) is 7.61. The second-order valence-electron chi connectivity index (χ2n) is 5.49. The van der Waals surface area contributed by atoms with Crippen molar-refractivity contribution in [1.29, 1.82) is 0 Å². The topological polar surface area (TPSA) is 59.5 Å². The zero-order valence-electron chi connectivity index (χ0n) is 14.1. The second kappa shape index (κ2) is 7.83. The Labute approximate surface area is 144 Å². The molecule has 5 nitrogen and oxygen atoms in total. The molecule has 1 amide bonds. The Morgan fingerprint density at radius 1 is 1.16 bits per heavy atom. The summed E-state index contributed by atoms with van der Waals surface area (Å²) in [5, 5.41) is 0. The summed E-state index contributed by atoms with van der Waals surface area (Å²) < 4.78 is 32.6. The van der Waals surface area contributed by atoms with Crippen LogP contribution >= 0.6 is 0 Å². The van der Waals surface area contributed by atoms with E-state index in [0.717, 1.165) is 17.0 Å². The number of benzene rings is 1. The van der Waals surface area contributed by atoms with Crippen LogP contribution in [0.15, 0.2) is 36.4 Å². The van der Waals surface area contributed by atoms with E-state index in [1.807, 2.05) is 0 Å². The predicted octanol–water partition coefficient (Wildman–Crippen LogP) is 2.98. The first kappa shape index (κ1) is 18.5. The summed E-state index contributed by atoms with van der Waals surface area (Å²) in [5.41, 5.74) is 0.278. The standard InChI is InChI=1S/C18H18F2N2O3/c1-11-6-4-9-15(21-11)22(10-16(23)25-3)18(24)12(2)17-13(19)7-5-8-14(17)20/h4-9,12H,10H2,1-3H3/t12-/m0/s1. The summed E-state index contributed by atoms with van der Waals surface area (Å²) in [6.07, 6.45) is 0. The fourth-order valence-corrected chi connectivity index (χ4v) is 2.43. The zero-order chi connectivity index (χ0) is 18.6. The number of hydrogen-bond acceptors (Lipinski definition) is 4. The fraction of sp³-hybridized carbons (Fsp3) is 0.278. The molecule has 0 unspecified atom stereocenters. The highest BCUT2D eigenvalue weighted by molar-refractivity contribution is 6.00. The number of carbonyl (C=O) groups excluding carboxylic acids is 2. The molecule has 1 atom stereocenters. The normalized spacial score (nSPS) is 11.7. The van der Waals surface area contributed by atoms with Gasteiger partial charge in [-0.2, -0.15) is 0 Å². The van der Waals surface area contributed by atoms with E-state index >= 15 is 0 Å². The second-order valence-corrected chi connectivity index (χ2v) is 5.49. The maximum absolute atomic E-state index is 14.0. The molecule has 0 aliphatic carbocycles. The molecule has 0 N–H and O–H groups in total. The smallest absolute Gasteiger partial charge is 0.325 e. The fourth-order valence-electron chi connectivity index (χ4n) is 2.43. The van der Waals surface area contributed by atoms with Gasteiger partial charge in [0, 0.05) is 11.3 Å². The average Bonchev–Trinajstić information content (AvgIpc) is 2.58. The summed E-state index contributed by atoms with van der Waals surface area (Å²) in [6, 6.07) is 8.32. The molecule has 132 valence electrons. The number of halogens is 2. The molecule has 0 spiro atoms. The molecule has 0 aliphatic heterocycles. The van der Waals surface area contributed by atoms with Gasteiger partial charge in [-0.05, 0) is 38.1 Å². The summed E-state index contributed by atoms with van der Waals surface area (Å²) in [7, 11) is 1.19. The van der Waals surface area contributed by atoms with Gasteiger partial charge in [-0.3, -0.25) is 14.5 Å². The van der Waals surface area contributed by atoms with Crippen LogP contribution in [0.1, 0.15) is 24.1 Å². The van der Waals surface area contributed by atoms with Gasteiger partial charge in [-0.1, -0.05) is 12.1 Å². The molecule has 25 heavy (non-hydrogen) atoms. The van der Waals surface area contributed by atoms with Crippen LogP contribution in [0.2, 0.25) is 0 Å². The number of carbonyl (C=O) groups is 2. The molecule has 1 heterocycles. The number of ether oxygens (including phenoxy) is 1. The van der Waals surface area contributed by atoms with Crippen LogP contribution in [-0.2, 0) is 14.3 Å². The van der Waals surface area contributed by atoms with Gasteiger partial charge in [0.15, 0.2) is 0 Å². The van der Waals surface area contributed by atoms with Crippen LogP contribution < -0.4 is 4.90 Å². The van der Waals surface area contributed by atoms with E-state index in [0.29, 0.717) is 5.69 Å². The van der Waals surface area contributed by atoms with Crippen LogP contribution in [0.3, 0.4) is 0 Å². The van der Waals surface area contributed by atoms with Crippen molar-refractivity contribution in [2.45, 2.75) is 19.8 Å². The minimum atomic E-state index is -1.15. The molecule has 2 rings (SSSR count). The lowest BCUT2D eigenvalue weighted by atomic mass is 9.98. The third-order valence-corrected chi connectivity index (χ3v) is 3.73. The Morgan fingerprint density at radius 3 is 2.32 bits per heavy atom. The molecule has 0 radical (unpaired) electrons. The Bertz CT molecular complexity index is 775. The van der Waals surface area contributed by atoms with Crippen LogP contribution in [0.5, 0.6) is 0 Å². The van der Waals surface area contributed by atoms with E-state index < -0.39 is 36.0 Å². The number of aromatic nitrogens is 1. The van der Waals surface area contributed by atoms with Gasteiger partial charge < -0.3 is 4.74 Å². The number of amides is 1. The van der Waals surface area contributed by atoms with Gasteiger partial charge in [0.05, 0.1) is 13.0 Å². The first-order valence-corrected chi connectivity index (χ1v) is 7.61. The molecule has 1 aromatic carbocycles. The molecule has 2 aromatic rings. The van der Waals surface area contributed by atoms with Crippen molar-refractivity contribution < 1.29 is 23.1 Å². The Kier molecular flexibility index (Phi) is 5.80. The molecule has 0 saturated carbocycles. The van der Waals surface area contributed by atoms with E-state index in [2.05, 4.69) is 9.72 Å². The summed E-state index contributed by atoms with van der Waals surface area (Å²) in [4.78, 5) is 29.8. The molecular formula is C18H18F2N2O3. The van der Waals surface area contributed by atoms with Crippen molar-refractivity contribution in [3.63, 3.8) is 0 Å². The molecule has 7 heteroatoms. The van der Waals surface area contributed by atoms with E-state index in [1.165, 1.54) is 26.2 Å². The zero-order valence-corrected chi connectivity index (χ0v) is 14.1. The molecule has 0 saturated heterocycles. The van der Waals surface area contributed by atoms with Gasteiger partial charge in [0.1, 0.15) is 24.0 Å². The van der Waals surface area contributed by atoms with E-state index in [1.54, 1.807) is 19.1 Å². The van der Waals surface area contributed by atoms with Gasteiger partial charge in [0.2, 0.25) is 5.91 Å². The number of aryl methyl sites for hydroxylation is 1. The summed E-state index contributed by atoms with van der Waals surface area (Å²) in [5.74, 6) is -3.91. The highest BCUT2D eigenvalue weighted by atomic mass is 19.1. The van der Waals surface area contributed by atoms with Crippen LogP contribution in [0.4, 0.5) is 14.6 Å². The van der Waals surface area contributed by atoms with Crippen molar-refractivity contribution in [3.05, 3.63) is 59.3 Å². The number of rotatable bonds is 5. The van der Waals surface area contributed by atoms with Crippen molar-refractivity contribution in [3.8, 4) is 0 Å². The number of pyridine rings is 1. The summed E-state index contributed by atoms with van der Waals surface area (Å²) in [6.45, 7) is 2.69. The highest BCUT2D eigenvalue weighted by Gasteiger charge is 2.30. The Balaban J connectivity index is 2.42. The SMILES string of the molecule is COC(=O)CN(C(=O)[C@@H](C)c1c(F)cccc1F)c1cccc(C)n1. The minimum Gasteiger partial charge on any atom is -0.468 e. The number of esters is 1. The number of nitrogens with zero attached hydrogens (tertiary/aromatic N) is 2. The maximum Gasteiger partial charge on any atom is 0.325 e. The molecule has 0 fully saturated rings. The lowest BCUT2D eigenvalue weighted by Crippen LogP contribution is -2.39. The monoisotopic (exact) mass is 348 g/mol. The molecule has 1 aromatic heterocycles. The van der Waals surface area contributed by atoms with Gasteiger partial charge in [-0.15, -0.1) is 0 Å².